The van der Waals surface area contributed by atoms with Gasteiger partial charge in [0, 0.05) is 23.7 Å². The Morgan fingerprint density at radius 1 is 0.972 bits per heavy atom. The van der Waals surface area contributed by atoms with Crippen LogP contribution in [0.1, 0.15) is 16.8 Å². The van der Waals surface area contributed by atoms with E-state index in [4.69, 9.17) is 16.3 Å². The first-order chi connectivity index (χ1) is 17.4. The molecule has 8 heteroatoms. The van der Waals surface area contributed by atoms with Crippen molar-refractivity contribution in [2.75, 3.05) is 11.6 Å². The Morgan fingerprint density at radius 3 is 2.17 bits per heavy atom. The third kappa shape index (κ3) is 6.77. The van der Waals surface area contributed by atoms with Crippen LogP contribution in [-0.4, -0.2) is 22.2 Å². The van der Waals surface area contributed by atoms with Gasteiger partial charge in [0.1, 0.15) is 17.3 Å². The fraction of sp³-hybridized carbons (Fsp3) is 0.143. The van der Waals surface area contributed by atoms with Crippen molar-refractivity contribution in [1.82, 2.24) is 9.88 Å². The standard InChI is InChI=1S/C28H25ClFN3O2S/c1-19-16-25(36-2)26(27(29)31-19)32-28(34)33(17-20-6-4-3-5-7-20)18-21-8-12-23(13-9-21)35-24-14-10-22(30)11-15-24/h3-16H,17-18H2,1-2H3,(H,32,34). The molecule has 1 heterocycles. The number of aryl methyl sites for hydroxylation is 1. The number of carbonyl (C=O) groups excluding carboxylic acids is 1. The van der Waals surface area contributed by atoms with Crippen LogP contribution in [0.15, 0.2) is 89.8 Å². The highest BCUT2D eigenvalue weighted by molar-refractivity contribution is 7.98. The monoisotopic (exact) mass is 521 g/mol. The molecule has 0 radical (unpaired) electrons. The maximum atomic E-state index is 13.4. The van der Waals surface area contributed by atoms with Crippen LogP contribution < -0.4 is 10.1 Å². The number of nitrogens with zero attached hydrogens (tertiary/aromatic N) is 2. The van der Waals surface area contributed by atoms with Crippen molar-refractivity contribution in [3.8, 4) is 11.5 Å². The van der Waals surface area contributed by atoms with E-state index in [9.17, 15) is 9.18 Å². The summed E-state index contributed by atoms with van der Waals surface area (Å²) in [6.45, 7) is 2.64. The molecular weight excluding hydrogens is 497 g/mol. The maximum absolute atomic E-state index is 13.4. The van der Waals surface area contributed by atoms with Crippen molar-refractivity contribution in [3.05, 3.63) is 113 Å². The van der Waals surface area contributed by atoms with Gasteiger partial charge < -0.3 is 15.0 Å². The molecule has 0 fully saturated rings. The van der Waals surface area contributed by atoms with Crippen LogP contribution in [0, 0.1) is 12.7 Å². The molecule has 0 unspecified atom stereocenters. The minimum absolute atomic E-state index is 0.259. The summed E-state index contributed by atoms with van der Waals surface area (Å²) in [5, 5.41) is 3.22. The molecule has 0 saturated carbocycles. The number of hydrogen-bond acceptors (Lipinski definition) is 4. The van der Waals surface area contributed by atoms with Crippen LogP contribution in [0.3, 0.4) is 0 Å². The van der Waals surface area contributed by atoms with E-state index in [2.05, 4.69) is 10.3 Å². The summed E-state index contributed by atoms with van der Waals surface area (Å²) >= 11 is 7.88. The second-order valence-electron chi connectivity index (χ2n) is 8.10. The Bertz CT molecular complexity index is 1320. The number of rotatable bonds is 8. The maximum Gasteiger partial charge on any atom is 0.322 e. The number of hydrogen-bond donors (Lipinski definition) is 1. The van der Waals surface area contributed by atoms with Crippen molar-refractivity contribution < 1.29 is 13.9 Å². The molecule has 5 nitrogen and oxygen atoms in total. The van der Waals surface area contributed by atoms with E-state index in [0.717, 1.165) is 21.7 Å². The van der Waals surface area contributed by atoms with E-state index in [1.807, 2.05) is 73.8 Å². The summed E-state index contributed by atoms with van der Waals surface area (Å²) < 4.78 is 18.9. The number of ether oxygens (including phenoxy) is 1. The van der Waals surface area contributed by atoms with Gasteiger partial charge in [-0.1, -0.05) is 54.1 Å². The Hall–Kier alpha value is -3.55. The van der Waals surface area contributed by atoms with Crippen LogP contribution in [0.5, 0.6) is 11.5 Å². The van der Waals surface area contributed by atoms with Gasteiger partial charge in [0.25, 0.3) is 0 Å². The third-order valence-corrected chi connectivity index (χ3v) is 6.40. The van der Waals surface area contributed by atoms with E-state index >= 15 is 0 Å². The number of nitrogens with one attached hydrogen (secondary N) is 1. The molecule has 4 aromatic rings. The van der Waals surface area contributed by atoms with E-state index in [1.165, 1.54) is 23.9 Å². The van der Waals surface area contributed by atoms with Crippen LogP contribution in [-0.2, 0) is 13.1 Å². The summed E-state index contributed by atoms with van der Waals surface area (Å²) in [5.74, 6) is 0.843. The van der Waals surface area contributed by atoms with Gasteiger partial charge in [-0.05, 0) is 66.8 Å². The number of thioether (sulfide) groups is 1. The van der Waals surface area contributed by atoms with Crippen LogP contribution >= 0.6 is 23.4 Å². The van der Waals surface area contributed by atoms with Gasteiger partial charge in [0.15, 0.2) is 5.15 Å². The Labute approximate surface area is 219 Å². The number of pyridine rings is 1. The van der Waals surface area contributed by atoms with Crippen LogP contribution in [0.2, 0.25) is 5.15 Å². The molecular formula is C28H25ClFN3O2S. The zero-order valence-corrected chi connectivity index (χ0v) is 21.4. The molecule has 0 bridgehead atoms. The molecule has 36 heavy (non-hydrogen) atoms. The minimum atomic E-state index is -0.318. The number of amides is 2. The normalized spacial score (nSPS) is 10.7. The minimum Gasteiger partial charge on any atom is -0.457 e. The highest BCUT2D eigenvalue weighted by atomic mass is 35.5. The van der Waals surface area contributed by atoms with E-state index < -0.39 is 0 Å². The van der Waals surface area contributed by atoms with Crippen molar-refractivity contribution >= 4 is 35.1 Å². The van der Waals surface area contributed by atoms with Gasteiger partial charge in [0.2, 0.25) is 0 Å². The summed E-state index contributed by atoms with van der Waals surface area (Å²) in [4.78, 5) is 20.3. The van der Waals surface area contributed by atoms with Gasteiger partial charge in [-0.2, -0.15) is 0 Å². The number of anilines is 1. The van der Waals surface area contributed by atoms with Crippen molar-refractivity contribution in [1.29, 1.82) is 0 Å². The lowest BCUT2D eigenvalue weighted by Gasteiger charge is -2.24. The van der Waals surface area contributed by atoms with Crippen molar-refractivity contribution in [2.24, 2.45) is 0 Å². The second kappa shape index (κ2) is 11.9. The van der Waals surface area contributed by atoms with Crippen LogP contribution in [0.25, 0.3) is 0 Å². The zero-order chi connectivity index (χ0) is 25.5. The number of halogens is 2. The third-order valence-electron chi connectivity index (χ3n) is 5.37. The number of urea groups is 1. The van der Waals surface area contributed by atoms with E-state index in [-0.39, 0.29) is 17.0 Å². The van der Waals surface area contributed by atoms with E-state index in [1.54, 1.807) is 17.0 Å². The average molecular weight is 522 g/mol. The lowest BCUT2D eigenvalue weighted by Crippen LogP contribution is -2.34. The van der Waals surface area contributed by atoms with Gasteiger partial charge in [-0.15, -0.1) is 11.8 Å². The number of benzene rings is 3. The fourth-order valence-corrected chi connectivity index (χ4v) is 4.57. The predicted octanol–water partition coefficient (Wildman–Crippen LogP) is 7.93. The predicted molar refractivity (Wildman–Crippen MR) is 143 cm³/mol. The lowest BCUT2D eigenvalue weighted by atomic mass is 10.1. The summed E-state index contributed by atoms with van der Waals surface area (Å²) in [7, 11) is 0. The highest BCUT2D eigenvalue weighted by Crippen LogP contribution is 2.32. The largest absolute Gasteiger partial charge is 0.457 e. The van der Waals surface area contributed by atoms with Crippen molar-refractivity contribution in [3.63, 3.8) is 0 Å². The SMILES string of the molecule is CSc1cc(C)nc(Cl)c1NC(=O)N(Cc1ccccc1)Cc1ccc(Oc2ccc(F)cc2)cc1. The smallest absolute Gasteiger partial charge is 0.322 e. The van der Waals surface area contributed by atoms with Gasteiger partial charge in [-0.3, -0.25) is 0 Å². The highest BCUT2D eigenvalue weighted by Gasteiger charge is 2.19. The van der Waals surface area contributed by atoms with Gasteiger partial charge in [-0.25, -0.2) is 14.2 Å². The van der Waals surface area contributed by atoms with Crippen LogP contribution in [0.4, 0.5) is 14.9 Å². The Kier molecular flexibility index (Phi) is 8.46. The Balaban J connectivity index is 1.53. The first-order valence-electron chi connectivity index (χ1n) is 11.2. The van der Waals surface area contributed by atoms with Crippen molar-refractivity contribution in [2.45, 2.75) is 24.9 Å². The molecule has 184 valence electrons. The van der Waals surface area contributed by atoms with E-state index in [0.29, 0.717) is 30.3 Å². The fourth-order valence-electron chi connectivity index (χ4n) is 3.59. The Morgan fingerprint density at radius 2 is 1.56 bits per heavy atom. The topological polar surface area (TPSA) is 54.5 Å². The molecule has 0 aliphatic heterocycles. The molecule has 3 aromatic carbocycles. The molecule has 1 aromatic heterocycles. The summed E-state index contributed by atoms with van der Waals surface area (Å²) in [6, 6.07) is 24.7. The average Bonchev–Trinajstić information content (AvgIpc) is 2.88. The molecule has 0 spiro atoms. The lowest BCUT2D eigenvalue weighted by molar-refractivity contribution is 0.206. The molecule has 0 aliphatic rings. The number of aromatic nitrogens is 1. The molecule has 4 rings (SSSR count). The molecule has 0 atom stereocenters. The quantitative estimate of drug-likeness (QED) is 0.189. The molecule has 2 amide bonds. The van der Waals surface area contributed by atoms with Gasteiger partial charge in [0.05, 0.1) is 5.69 Å². The second-order valence-corrected chi connectivity index (χ2v) is 9.31. The number of carbonyl (C=O) groups is 1. The molecule has 0 aliphatic carbocycles. The first kappa shape index (κ1) is 25.5. The first-order valence-corrected chi connectivity index (χ1v) is 12.8. The molecule has 0 saturated heterocycles. The van der Waals surface area contributed by atoms with Gasteiger partial charge >= 0.3 is 6.03 Å². The molecule has 1 N–H and O–H groups in total. The summed E-state index contributed by atoms with van der Waals surface area (Å²) in [6.07, 6.45) is 1.93. The summed E-state index contributed by atoms with van der Waals surface area (Å²) in [5.41, 5.74) is 3.21. The zero-order valence-electron chi connectivity index (χ0n) is 19.9.